The first kappa shape index (κ1) is 21.7. The van der Waals surface area contributed by atoms with E-state index in [9.17, 15) is 8.42 Å². The fraction of sp³-hybridized carbons (Fsp3) is 0.625. The maximum absolute atomic E-state index is 12.8. The number of hydrogen-bond donors (Lipinski definition) is 0. The summed E-state index contributed by atoms with van der Waals surface area (Å²) in [7, 11) is 0.799. The van der Waals surface area contributed by atoms with Gasteiger partial charge in [0, 0.05) is 38.3 Å². The van der Waals surface area contributed by atoms with E-state index < -0.39 is 10.0 Å². The number of hydrogen-bond acceptors (Lipinski definition) is 4. The summed E-state index contributed by atoms with van der Waals surface area (Å²) in [5.41, 5.74) is 1.08. The van der Waals surface area contributed by atoms with Crippen LogP contribution in [0.3, 0.4) is 0 Å². The zero-order chi connectivity index (χ0) is 15.9. The molecule has 2 bridgehead atoms. The second kappa shape index (κ2) is 8.34. The van der Waals surface area contributed by atoms with Gasteiger partial charge in [0.05, 0.1) is 4.90 Å². The molecular formula is C16H27Cl2N3O2S. The Balaban J connectivity index is 0.00000144. The van der Waals surface area contributed by atoms with Gasteiger partial charge in [-0.2, -0.15) is 4.31 Å². The Hall–Kier alpha value is -0.370. The third kappa shape index (κ3) is 4.23. The summed E-state index contributed by atoms with van der Waals surface area (Å²) in [5, 5.41) is 0. The Morgan fingerprint density at radius 1 is 1.08 bits per heavy atom. The fourth-order valence-electron chi connectivity index (χ4n) is 3.46. The van der Waals surface area contributed by atoms with E-state index in [2.05, 4.69) is 23.9 Å². The molecule has 1 aromatic rings. The van der Waals surface area contributed by atoms with Crippen LogP contribution in [0.4, 0.5) is 0 Å². The minimum Gasteiger partial charge on any atom is -0.308 e. The predicted octanol–water partition coefficient (Wildman–Crippen LogP) is 1.85. The molecule has 0 aromatic heterocycles. The lowest BCUT2D eigenvalue weighted by Crippen LogP contribution is -2.49. The van der Waals surface area contributed by atoms with Gasteiger partial charge in [-0.25, -0.2) is 8.42 Å². The van der Waals surface area contributed by atoms with E-state index in [1.165, 1.54) is 0 Å². The van der Waals surface area contributed by atoms with Crippen molar-refractivity contribution < 1.29 is 8.42 Å². The number of nitrogens with zero attached hydrogens (tertiary/aromatic N) is 3. The predicted molar refractivity (Wildman–Crippen MR) is 102 cm³/mol. The molecule has 0 N–H and O–H groups in total. The van der Waals surface area contributed by atoms with Gasteiger partial charge in [0.25, 0.3) is 0 Å². The molecule has 3 rings (SSSR count). The average molecular weight is 396 g/mol. The molecule has 8 heteroatoms. The van der Waals surface area contributed by atoms with Crippen LogP contribution in [0.25, 0.3) is 0 Å². The molecule has 0 unspecified atom stereocenters. The topological polar surface area (TPSA) is 43.9 Å². The Bertz CT molecular complexity index is 637. The van der Waals surface area contributed by atoms with Gasteiger partial charge in [-0.3, -0.25) is 4.90 Å². The number of benzene rings is 1. The van der Waals surface area contributed by atoms with Crippen molar-refractivity contribution in [2.24, 2.45) is 0 Å². The quantitative estimate of drug-likeness (QED) is 0.762. The van der Waals surface area contributed by atoms with Gasteiger partial charge in [0.15, 0.2) is 0 Å². The molecule has 2 atom stereocenters. The van der Waals surface area contributed by atoms with Crippen LogP contribution >= 0.6 is 24.8 Å². The lowest BCUT2D eigenvalue weighted by atomic mass is 10.2. The third-order valence-corrected chi connectivity index (χ3v) is 6.70. The summed E-state index contributed by atoms with van der Waals surface area (Å²) >= 11 is 0. The van der Waals surface area contributed by atoms with Gasteiger partial charge in [-0.05, 0) is 39.6 Å². The molecule has 0 radical (unpaired) electrons. The number of halogens is 2. The van der Waals surface area contributed by atoms with E-state index in [0.717, 1.165) is 31.6 Å². The van der Waals surface area contributed by atoms with E-state index in [4.69, 9.17) is 0 Å². The van der Waals surface area contributed by atoms with Crippen molar-refractivity contribution in [3.8, 4) is 0 Å². The second-order valence-corrected chi connectivity index (χ2v) is 8.62. The van der Waals surface area contributed by atoms with Crippen LogP contribution in [0, 0.1) is 6.92 Å². The highest BCUT2D eigenvalue weighted by Crippen LogP contribution is 2.34. The van der Waals surface area contributed by atoms with Crippen molar-refractivity contribution in [2.75, 3.05) is 40.3 Å². The lowest BCUT2D eigenvalue weighted by Gasteiger charge is -2.34. The first-order valence-corrected chi connectivity index (χ1v) is 9.29. The van der Waals surface area contributed by atoms with Gasteiger partial charge >= 0.3 is 0 Å². The van der Waals surface area contributed by atoms with Crippen LogP contribution in [0.1, 0.15) is 12.0 Å². The molecule has 2 heterocycles. The second-order valence-electron chi connectivity index (χ2n) is 6.73. The zero-order valence-electron chi connectivity index (χ0n) is 14.4. The highest BCUT2D eigenvalue weighted by molar-refractivity contribution is 7.89. The van der Waals surface area contributed by atoms with Crippen LogP contribution in [0.15, 0.2) is 29.2 Å². The van der Waals surface area contributed by atoms with Gasteiger partial charge < -0.3 is 4.90 Å². The Labute approximate surface area is 157 Å². The van der Waals surface area contributed by atoms with Crippen molar-refractivity contribution >= 4 is 34.8 Å². The molecule has 2 aliphatic rings. The summed E-state index contributed by atoms with van der Waals surface area (Å²) in [6.07, 6.45) is 0.971. The van der Waals surface area contributed by atoms with E-state index in [-0.39, 0.29) is 30.9 Å². The Morgan fingerprint density at radius 2 is 1.71 bits per heavy atom. The summed E-state index contributed by atoms with van der Waals surface area (Å²) < 4.78 is 27.3. The number of sulfonamides is 1. The monoisotopic (exact) mass is 395 g/mol. The number of rotatable bonds is 5. The van der Waals surface area contributed by atoms with Crippen molar-refractivity contribution in [3.05, 3.63) is 29.8 Å². The molecule has 5 nitrogen and oxygen atoms in total. The van der Waals surface area contributed by atoms with Crippen LogP contribution in [0.5, 0.6) is 0 Å². The van der Waals surface area contributed by atoms with E-state index in [1.54, 1.807) is 16.4 Å². The first-order valence-electron chi connectivity index (χ1n) is 7.85. The molecule has 0 spiro atoms. The van der Waals surface area contributed by atoms with E-state index in [0.29, 0.717) is 17.5 Å². The Kier molecular flexibility index (Phi) is 7.53. The number of aryl methyl sites for hydroxylation is 1. The van der Waals surface area contributed by atoms with Crippen LogP contribution in [-0.2, 0) is 10.0 Å². The normalized spacial score (nSPS) is 24.0. The molecule has 0 amide bonds. The van der Waals surface area contributed by atoms with Crippen LogP contribution in [-0.4, -0.2) is 74.9 Å². The van der Waals surface area contributed by atoms with Crippen molar-refractivity contribution in [1.82, 2.24) is 14.1 Å². The lowest BCUT2D eigenvalue weighted by molar-refractivity contribution is 0.168. The summed E-state index contributed by atoms with van der Waals surface area (Å²) in [6.45, 7) is 5.51. The van der Waals surface area contributed by atoms with Crippen molar-refractivity contribution in [2.45, 2.75) is 30.3 Å². The SMILES string of the molecule is Cc1ccc(S(=O)(=O)N2C[C@@H]3C[C@H]2CN3CCN(C)C)cc1.Cl.Cl. The van der Waals surface area contributed by atoms with Crippen molar-refractivity contribution in [1.29, 1.82) is 0 Å². The molecule has 1 aromatic carbocycles. The number of fused-ring (bicyclic) bond motifs is 2. The molecule has 2 aliphatic heterocycles. The summed E-state index contributed by atoms with van der Waals surface area (Å²) in [5.74, 6) is 0. The molecule has 2 saturated heterocycles. The molecule has 138 valence electrons. The molecule has 0 aliphatic carbocycles. The van der Waals surface area contributed by atoms with Crippen molar-refractivity contribution in [3.63, 3.8) is 0 Å². The van der Waals surface area contributed by atoms with E-state index >= 15 is 0 Å². The Morgan fingerprint density at radius 3 is 2.21 bits per heavy atom. The number of piperazine rings is 1. The molecule has 0 saturated carbocycles. The van der Waals surface area contributed by atoms with Crippen LogP contribution < -0.4 is 0 Å². The minimum absolute atomic E-state index is 0. The maximum atomic E-state index is 12.8. The van der Waals surface area contributed by atoms with E-state index in [1.807, 2.05) is 19.1 Å². The summed E-state index contributed by atoms with van der Waals surface area (Å²) in [6, 6.07) is 7.69. The fourth-order valence-corrected chi connectivity index (χ4v) is 5.12. The smallest absolute Gasteiger partial charge is 0.243 e. The highest BCUT2D eigenvalue weighted by atomic mass is 35.5. The minimum atomic E-state index is -3.34. The summed E-state index contributed by atoms with van der Waals surface area (Å²) in [4.78, 5) is 5.03. The molecule has 2 fully saturated rings. The third-order valence-electron chi connectivity index (χ3n) is 4.77. The van der Waals surface area contributed by atoms with Gasteiger partial charge in [0.2, 0.25) is 10.0 Å². The van der Waals surface area contributed by atoms with Gasteiger partial charge in [0.1, 0.15) is 0 Å². The number of likely N-dealkylation sites (tertiary alicyclic amines) is 1. The maximum Gasteiger partial charge on any atom is 0.243 e. The van der Waals surface area contributed by atoms with Gasteiger partial charge in [-0.15, -0.1) is 24.8 Å². The average Bonchev–Trinajstić information content (AvgIpc) is 3.05. The largest absolute Gasteiger partial charge is 0.308 e. The van der Waals surface area contributed by atoms with Crippen LogP contribution in [0.2, 0.25) is 0 Å². The molecule has 24 heavy (non-hydrogen) atoms. The highest BCUT2D eigenvalue weighted by Gasteiger charge is 2.47. The standard InChI is InChI=1S/C16H25N3O2S.2ClH/c1-13-4-6-16(7-5-13)22(20,21)19-12-14-10-15(19)11-18(14)9-8-17(2)3;;/h4-7,14-15H,8-12H2,1-3H3;2*1H/t14-,15-;;/m0../s1. The van der Waals surface area contributed by atoms with Gasteiger partial charge in [-0.1, -0.05) is 17.7 Å². The number of likely N-dealkylation sites (N-methyl/N-ethyl adjacent to an activating group) is 1. The zero-order valence-corrected chi connectivity index (χ0v) is 16.8. The molecular weight excluding hydrogens is 369 g/mol. The first-order chi connectivity index (χ1) is 10.4.